The molecular formula is C13H9F2N3O3. The van der Waals surface area contributed by atoms with E-state index in [9.17, 15) is 18.4 Å². The number of aromatic nitrogens is 1. The molecule has 0 radical (unpaired) electrons. The molecule has 3 N–H and O–H groups in total. The highest BCUT2D eigenvalue weighted by Gasteiger charge is 2.10. The van der Waals surface area contributed by atoms with Gasteiger partial charge in [0.25, 0.3) is 0 Å². The van der Waals surface area contributed by atoms with E-state index in [-0.39, 0.29) is 17.1 Å². The van der Waals surface area contributed by atoms with Gasteiger partial charge in [-0.05, 0) is 24.3 Å². The van der Waals surface area contributed by atoms with Gasteiger partial charge >= 0.3 is 12.0 Å². The van der Waals surface area contributed by atoms with Crippen LogP contribution in [-0.2, 0) is 0 Å². The number of urea groups is 1. The van der Waals surface area contributed by atoms with E-state index in [2.05, 4.69) is 15.6 Å². The molecule has 2 aromatic rings. The van der Waals surface area contributed by atoms with Crippen LogP contribution in [-0.4, -0.2) is 22.1 Å². The zero-order chi connectivity index (χ0) is 15.4. The Kier molecular flexibility index (Phi) is 4.07. The number of benzene rings is 1. The van der Waals surface area contributed by atoms with Crippen molar-refractivity contribution in [1.29, 1.82) is 0 Å². The number of halogens is 2. The van der Waals surface area contributed by atoms with E-state index in [1.165, 1.54) is 12.3 Å². The molecule has 0 bridgehead atoms. The lowest BCUT2D eigenvalue weighted by atomic mass is 10.3. The summed E-state index contributed by atoms with van der Waals surface area (Å²) >= 11 is 0. The Hall–Kier alpha value is -3.03. The molecular weight excluding hydrogens is 284 g/mol. The van der Waals surface area contributed by atoms with E-state index in [1.54, 1.807) is 0 Å². The number of pyridine rings is 1. The topological polar surface area (TPSA) is 91.3 Å². The predicted octanol–water partition coefficient (Wildman–Crippen LogP) is 2.70. The Bertz CT molecular complexity index is 707. The number of amides is 2. The third kappa shape index (κ3) is 3.72. The van der Waals surface area contributed by atoms with Crippen molar-refractivity contribution in [3.05, 3.63) is 53.9 Å². The average Bonchev–Trinajstić information content (AvgIpc) is 2.42. The predicted molar refractivity (Wildman–Crippen MR) is 70.2 cm³/mol. The van der Waals surface area contributed by atoms with Crippen molar-refractivity contribution in [2.75, 3.05) is 10.6 Å². The molecule has 1 heterocycles. The highest BCUT2D eigenvalue weighted by Crippen LogP contribution is 2.15. The lowest BCUT2D eigenvalue weighted by Crippen LogP contribution is -2.20. The van der Waals surface area contributed by atoms with Crippen LogP contribution in [0.15, 0.2) is 36.5 Å². The van der Waals surface area contributed by atoms with Crippen molar-refractivity contribution in [3.63, 3.8) is 0 Å². The maximum atomic E-state index is 13.3. The molecule has 0 aliphatic rings. The summed E-state index contributed by atoms with van der Waals surface area (Å²) in [4.78, 5) is 26.0. The highest BCUT2D eigenvalue weighted by molar-refractivity contribution is 6.00. The van der Waals surface area contributed by atoms with Crippen molar-refractivity contribution < 1.29 is 23.5 Å². The van der Waals surface area contributed by atoms with Crippen LogP contribution in [0.25, 0.3) is 0 Å². The summed E-state index contributed by atoms with van der Waals surface area (Å²) in [5, 5.41) is 13.3. The number of carboxylic acid groups (broad SMARTS) is 1. The molecule has 0 fully saturated rings. The van der Waals surface area contributed by atoms with Gasteiger partial charge in [0.1, 0.15) is 17.3 Å². The fourth-order valence-electron chi connectivity index (χ4n) is 1.50. The van der Waals surface area contributed by atoms with Crippen LogP contribution in [0.3, 0.4) is 0 Å². The Morgan fingerprint density at radius 1 is 1.10 bits per heavy atom. The molecule has 0 unspecified atom stereocenters. The summed E-state index contributed by atoms with van der Waals surface area (Å²) in [6.45, 7) is 0. The fraction of sp³-hybridized carbons (Fsp3) is 0. The van der Waals surface area contributed by atoms with Crippen molar-refractivity contribution in [3.8, 4) is 0 Å². The summed E-state index contributed by atoms with van der Waals surface area (Å²) in [5.74, 6) is -2.94. The number of carbonyl (C=O) groups excluding carboxylic acids is 1. The van der Waals surface area contributed by atoms with Gasteiger partial charge in [-0.2, -0.15) is 0 Å². The Labute approximate surface area is 117 Å². The van der Waals surface area contributed by atoms with E-state index < -0.39 is 23.6 Å². The molecule has 2 amide bonds. The summed E-state index contributed by atoms with van der Waals surface area (Å²) in [6.07, 6.45) is 1.21. The van der Waals surface area contributed by atoms with Gasteiger partial charge in [0, 0.05) is 18.0 Å². The second-order valence-corrected chi connectivity index (χ2v) is 3.94. The number of carboxylic acids is 1. The standard InChI is InChI=1S/C13H9F2N3O3/c14-7-1-2-10(9(15)5-7)18-13(21)17-8-3-4-16-11(6-8)12(19)20/h1-6H,(H,19,20)(H2,16,17,18,21). The minimum Gasteiger partial charge on any atom is -0.477 e. The molecule has 1 aromatic heterocycles. The minimum absolute atomic E-state index is 0.169. The molecule has 0 spiro atoms. The Balaban J connectivity index is 2.08. The first-order valence-corrected chi connectivity index (χ1v) is 5.68. The summed E-state index contributed by atoms with van der Waals surface area (Å²) in [7, 11) is 0. The van der Waals surface area contributed by atoms with E-state index in [1.807, 2.05) is 0 Å². The maximum absolute atomic E-state index is 13.3. The van der Waals surface area contributed by atoms with Crippen LogP contribution in [0, 0.1) is 11.6 Å². The van der Waals surface area contributed by atoms with Gasteiger partial charge in [-0.1, -0.05) is 0 Å². The third-order valence-corrected chi connectivity index (χ3v) is 2.42. The molecule has 0 aliphatic carbocycles. The second kappa shape index (κ2) is 5.95. The van der Waals surface area contributed by atoms with Gasteiger partial charge in [0.15, 0.2) is 0 Å². The second-order valence-electron chi connectivity index (χ2n) is 3.94. The van der Waals surface area contributed by atoms with E-state index in [4.69, 9.17) is 5.11 Å². The Morgan fingerprint density at radius 2 is 1.86 bits per heavy atom. The molecule has 0 saturated carbocycles. The first-order valence-electron chi connectivity index (χ1n) is 5.68. The zero-order valence-corrected chi connectivity index (χ0v) is 10.4. The van der Waals surface area contributed by atoms with Crippen molar-refractivity contribution in [2.45, 2.75) is 0 Å². The SMILES string of the molecule is O=C(Nc1ccnc(C(=O)O)c1)Nc1ccc(F)cc1F. The monoisotopic (exact) mass is 293 g/mol. The number of hydrogen-bond acceptors (Lipinski definition) is 3. The van der Waals surface area contributed by atoms with Crippen LogP contribution >= 0.6 is 0 Å². The summed E-state index contributed by atoms with van der Waals surface area (Å²) in [5.41, 5.74) is -0.287. The molecule has 1 aromatic carbocycles. The van der Waals surface area contributed by atoms with Crippen molar-refractivity contribution in [1.82, 2.24) is 4.98 Å². The van der Waals surface area contributed by atoms with Crippen LogP contribution in [0.1, 0.15) is 10.5 Å². The molecule has 0 saturated heterocycles. The molecule has 8 heteroatoms. The lowest BCUT2D eigenvalue weighted by Gasteiger charge is -2.08. The number of hydrogen-bond donors (Lipinski definition) is 3. The maximum Gasteiger partial charge on any atom is 0.354 e. The van der Waals surface area contributed by atoms with Gasteiger partial charge in [0.05, 0.1) is 5.69 Å². The quantitative estimate of drug-likeness (QED) is 0.811. The molecule has 0 aliphatic heterocycles. The number of carbonyl (C=O) groups is 2. The molecule has 6 nitrogen and oxygen atoms in total. The molecule has 21 heavy (non-hydrogen) atoms. The smallest absolute Gasteiger partial charge is 0.354 e. The van der Waals surface area contributed by atoms with Crippen LogP contribution in [0.4, 0.5) is 25.0 Å². The summed E-state index contributed by atoms with van der Waals surface area (Å²) < 4.78 is 26.1. The van der Waals surface area contributed by atoms with E-state index in [0.29, 0.717) is 6.07 Å². The van der Waals surface area contributed by atoms with E-state index >= 15 is 0 Å². The number of anilines is 2. The van der Waals surface area contributed by atoms with Crippen LogP contribution < -0.4 is 10.6 Å². The Morgan fingerprint density at radius 3 is 2.52 bits per heavy atom. The molecule has 108 valence electrons. The normalized spacial score (nSPS) is 10.0. The number of aromatic carboxylic acids is 1. The average molecular weight is 293 g/mol. The minimum atomic E-state index is -1.25. The fourth-order valence-corrected chi connectivity index (χ4v) is 1.50. The number of nitrogens with one attached hydrogen (secondary N) is 2. The lowest BCUT2D eigenvalue weighted by molar-refractivity contribution is 0.0690. The van der Waals surface area contributed by atoms with Gasteiger partial charge in [-0.3, -0.25) is 0 Å². The van der Waals surface area contributed by atoms with Crippen LogP contribution in [0.2, 0.25) is 0 Å². The summed E-state index contributed by atoms with van der Waals surface area (Å²) in [6, 6.07) is 4.40. The molecule has 2 rings (SSSR count). The zero-order valence-electron chi connectivity index (χ0n) is 10.4. The van der Waals surface area contributed by atoms with E-state index in [0.717, 1.165) is 18.2 Å². The van der Waals surface area contributed by atoms with Gasteiger partial charge in [-0.25, -0.2) is 23.4 Å². The van der Waals surface area contributed by atoms with Gasteiger partial charge in [-0.15, -0.1) is 0 Å². The number of nitrogens with zero attached hydrogens (tertiary/aromatic N) is 1. The van der Waals surface area contributed by atoms with Gasteiger partial charge < -0.3 is 15.7 Å². The van der Waals surface area contributed by atoms with Crippen molar-refractivity contribution >= 4 is 23.4 Å². The third-order valence-electron chi connectivity index (χ3n) is 2.42. The van der Waals surface area contributed by atoms with Crippen molar-refractivity contribution in [2.24, 2.45) is 0 Å². The number of rotatable bonds is 3. The van der Waals surface area contributed by atoms with Gasteiger partial charge in [0.2, 0.25) is 0 Å². The first-order chi connectivity index (χ1) is 9.95. The molecule has 0 atom stereocenters. The highest BCUT2D eigenvalue weighted by atomic mass is 19.1. The largest absolute Gasteiger partial charge is 0.477 e. The first kappa shape index (κ1) is 14.4. The van der Waals surface area contributed by atoms with Crippen LogP contribution in [0.5, 0.6) is 0 Å².